The number of carboxylic acids is 1. The van der Waals surface area contributed by atoms with Crippen LogP contribution in [0.4, 0.5) is 15.8 Å². The molecule has 7 heteroatoms. The number of carboxylic acid groups (broad SMARTS) is 1. The maximum Gasteiger partial charge on any atom is 0.329 e. The van der Waals surface area contributed by atoms with Crippen LogP contribution in [0.25, 0.3) is 0 Å². The zero-order valence-electron chi connectivity index (χ0n) is 11.7. The van der Waals surface area contributed by atoms with Crippen LogP contribution in [0.3, 0.4) is 0 Å². The summed E-state index contributed by atoms with van der Waals surface area (Å²) in [5, 5.41) is 20.2. The maximum atomic E-state index is 14.2. The smallest absolute Gasteiger partial charge is 0.329 e. The summed E-state index contributed by atoms with van der Waals surface area (Å²) in [4.78, 5) is 23.2. The van der Waals surface area contributed by atoms with Crippen molar-refractivity contribution in [2.75, 3.05) is 11.4 Å². The Morgan fingerprint density at radius 1 is 1.57 bits per heavy atom. The second kappa shape index (κ2) is 5.67. The number of benzene rings is 1. The van der Waals surface area contributed by atoms with E-state index in [1.165, 1.54) is 17.0 Å². The van der Waals surface area contributed by atoms with Crippen LogP contribution in [0.15, 0.2) is 18.2 Å². The van der Waals surface area contributed by atoms with Crippen molar-refractivity contribution in [3.05, 3.63) is 34.1 Å². The molecule has 1 saturated heterocycles. The summed E-state index contributed by atoms with van der Waals surface area (Å²) in [6.07, 6.45) is 2.19. The number of carbonyl (C=O) groups is 1. The number of nitro groups is 1. The van der Waals surface area contributed by atoms with Crippen LogP contribution < -0.4 is 4.90 Å². The number of hydrogen-bond acceptors (Lipinski definition) is 4. The minimum Gasteiger partial charge on any atom is -0.479 e. The number of nitro benzene ring substituents is 1. The normalized spacial score (nSPS) is 21.5. The molecular formula is C14H17FN2O4. The zero-order valence-corrected chi connectivity index (χ0v) is 11.7. The highest BCUT2D eigenvalue weighted by Crippen LogP contribution is 2.39. The Morgan fingerprint density at radius 3 is 2.81 bits per heavy atom. The summed E-state index contributed by atoms with van der Waals surface area (Å²) in [7, 11) is 0. The lowest BCUT2D eigenvalue weighted by Crippen LogP contribution is -2.51. The molecule has 1 aromatic rings. The van der Waals surface area contributed by atoms with E-state index in [0.717, 1.165) is 6.07 Å². The van der Waals surface area contributed by atoms with E-state index in [1.54, 1.807) is 0 Å². The van der Waals surface area contributed by atoms with Gasteiger partial charge in [0.25, 0.3) is 5.69 Å². The molecule has 6 nitrogen and oxygen atoms in total. The summed E-state index contributed by atoms with van der Waals surface area (Å²) in [5.41, 5.74) is -1.34. The summed E-state index contributed by atoms with van der Waals surface area (Å²) < 4.78 is 14.2. The first-order valence-corrected chi connectivity index (χ1v) is 6.87. The molecule has 114 valence electrons. The Labute approximate surface area is 121 Å². The van der Waals surface area contributed by atoms with Crippen molar-refractivity contribution in [1.29, 1.82) is 0 Å². The predicted molar refractivity (Wildman–Crippen MR) is 74.9 cm³/mol. The largest absolute Gasteiger partial charge is 0.479 e. The molecule has 0 saturated carbocycles. The van der Waals surface area contributed by atoms with Gasteiger partial charge in [-0.25, -0.2) is 9.18 Å². The number of halogens is 1. The highest BCUT2D eigenvalue weighted by Gasteiger charge is 2.47. The van der Waals surface area contributed by atoms with Gasteiger partial charge in [0.15, 0.2) is 5.82 Å². The number of nitrogens with zero attached hydrogens (tertiary/aromatic N) is 2. The molecule has 1 atom stereocenters. The van der Waals surface area contributed by atoms with Crippen molar-refractivity contribution in [3.63, 3.8) is 0 Å². The number of anilines is 1. The van der Waals surface area contributed by atoms with E-state index in [0.29, 0.717) is 32.2 Å². The van der Waals surface area contributed by atoms with Gasteiger partial charge in [-0.2, -0.15) is 0 Å². The molecule has 1 heterocycles. The third-order valence-corrected chi connectivity index (χ3v) is 3.98. The van der Waals surface area contributed by atoms with Crippen LogP contribution in [0.5, 0.6) is 0 Å². The summed E-state index contributed by atoms with van der Waals surface area (Å²) in [6, 6.07) is 3.34. The molecule has 0 amide bonds. The second-order valence-electron chi connectivity index (χ2n) is 5.23. The Hall–Kier alpha value is -2.18. The molecule has 1 aliphatic heterocycles. The van der Waals surface area contributed by atoms with Crippen molar-refractivity contribution in [3.8, 4) is 0 Å². The average Bonchev–Trinajstić information content (AvgIpc) is 2.84. The van der Waals surface area contributed by atoms with Crippen LogP contribution >= 0.6 is 0 Å². The van der Waals surface area contributed by atoms with Gasteiger partial charge in [-0.1, -0.05) is 13.3 Å². The highest BCUT2D eigenvalue weighted by atomic mass is 19.1. The fourth-order valence-electron chi connectivity index (χ4n) is 3.06. The van der Waals surface area contributed by atoms with E-state index < -0.39 is 22.2 Å². The molecule has 0 radical (unpaired) electrons. The Morgan fingerprint density at radius 2 is 2.29 bits per heavy atom. The molecule has 1 aromatic carbocycles. The molecule has 2 rings (SSSR count). The second-order valence-corrected chi connectivity index (χ2v) is 5.23. The summed E-state index contributed by atoms with van der Waals surface area (Å²) >= 11 is 0. The minimum absolute atomic E-state index is 0.119. The lowest BCUT2D eigenvalue weighted by atomic mass is 9.90. The quantitative estimate of drug-likeness (QED) is 0.667. The molecule has 1 aliphatic rings. The summed E-state index contributed by atoms with van der Waals surface area (Å²) in [6.45, 7) is 2.31. The van der Waals surface area contributed by atoms with Gasteiger partial charge in [-0.3, -0.25) is 10.1 Å². The number of rotatable bonds is 5. The Bertz CT molecular complexity index is 578. The van der Waals surface area contributed by atoms with E-state index in [9.17, 15) is 24.4 Å². The molecular weight excluding hydrogens is 279 g/mol. The molecule has 1 unspecified atom stereocenters. The number of aliphatic carboxylic acids is 1. The summed E-state index contributed by atoms with van der Waals surface area (Å²) in [5.74, 6) is -1.73. The maximum absolute atomic E-state index is 14.2. The molecule has 0 aromatic heterocycles. The molecule has 21 heavy (non-hydrogen) atoms. The van der Waals surface area contributed by atoms with Gasteiger partial charge < -0.3 is 10.0 Å². The Kier molecular flexibility index (Phi) is 4.11. The van der Waals surface area contributed by atoms with Crippen molar-refractivity contribution < 1.29 is 19.2 Å². The predicted octanol–water partition coefficient (Wildman–Crippen LogP) is 2.96. The third kappa shape index (κ3) is 2.55. The lowest BCUT2D eigenvalue weighted by Gasteiger charge is -2.36. The molecule has 1 N–H and O–H groups in total. The zero-order chi connectivity index (χ0) is 15.6. The van der Waals surface area contributed by atoms with Gasteiger partial charge in [-0.05, 0) is 25.3 Å². The van der Waals surface area contributed by atoms with Gasteiger partial charge in [0.05, 0.1) is 16.7 Å². The van der Waals surface area contributed by atoms with E-state index in [1.807, 2.05) is 6.92 Å². The number of non-ortho nitro benzene ring substituents is 1. The van der Waals surface area contributed by atoms with Crippen molar-refractivity contribution in [2.45, 2.75) is 38.1 Å². The van der Waals surface area contributed by atoms with Crippen LogP contribution in [0.2, 0.25) is 0 Å². The SMILES string of the molecule is CCCC1(C(=O)O)CCCN1c1ccc([N+](=O)[O-])cc1F. The molecule has 0 bridgehead atoms. The van der Waals surface area contributed by atoms with Crippen molar-refractivity contribution >= 4 is 17.3 Å². The first-order valence-electron chi connectivity index (χ1n) is 6.87. The first kappa shape index (κ1) is 15.2. The van der Waals surface area contributed by atoms with Crippen LogP contribution in [-0.2, 0) is 4.79 Å². The highest BCUT2D eigenvalue weighted by molar-refractivity contribution is 5.84. The molecule has 1 fully saturated rings. The van der Waals surface area contributed by atoms with Gasteiger partial charge in [0, 0.05) is 12.6 Å². The van der Waals surface area contributed by atoms with Crippen molar-refractivity contribution in [1.82, 2.24) is 0 Å². The van der Waals surface area contributed by atoms with E-state index in [-0.39, 0.29) is 11.4 Å². The fraction of sp³-hybridized carbons (Fsp3) is 0.500. The van der Waals surface area contributed by atoms with Crippen LogP contribution in [0.1, 0.15) is 32.6 Å². The van der Waals surface area contributed by atoms with Crippen molar-refractivity contribution in [2.24, 2.45) is 0 Å². The van der Waals surface area contributed by atoms with Gasteiger partial charge in [0.2, 0.25) is 0 Å². The van der Waals surface area contributed by atoms with Gasteiger partial charge >= 0.3 is 5.97 Å². The average molecular weight is 296 g/mol. The van der Waals surface area contributed by atoms with E-state index in [4.69, 9.17) is 0 Å². The first-order chi connectivity index (χ1) is 9.92. The van der Waals surface area contributed by atoms with Crippen LogP contribution in [-0.4, -0.2) is 28.1 Å². The van der Waals surface area contributed by atoms with E-state index in [2.05, 4.69) is 0 Å². The van der Waals surface area contributed by atoms with Gasteiger partial charge in [-0.15, -0.1) is 0 Å². The fourth-order valence-corrected chi connectivity index (χ4v) is 3.06. The molecule has 0 aliphatic carbocycles. The lowest BCUT2D eigenvalue weighted by molar-refractivity contribution is -0.385. The Balaban J connectivity index is 2.44. The standard InChI is InChI=1S/C14H17FN2O4/c1-2-6-14(13(18)19)7-3-8-16(14)12-5-4-10(17(20)21)9-11(12)15/h4-5,9H,2-3,6-8H2,1H3,(H,18,19). The van der Waals surface area contributed by atoms with Gasteiger partial charge in [0.1, 0.15) is 5.54 Å². The molecule has 0 spiro atoms. The third-order valence-electron chi connectivity index (χ3n) is 3.98. The number of hydrogen-bond donors (Lipinski definition) is 1. The van der Waals surface area contributed by atoms with E-state index >= 15 is 0 Å². The topological polar surface area (TPSA) is 83.7 Å². The van der Waals surface area contributed by atoms with Crippen LogP contribution in [0, 0.1) is 15.9 Å². The monoisotopic (exact) mass is 296 g/mol. The minimum atomic E-state index is -1.12.